The molecule has 0 saturated heterocycles. The van der Waals surface area contributed by atoms with E-state index in [0.717, 1.165) is 12.8 Å². The van der Waals surface area contributed by atoms with Gasteiger partial charge >= 0.3 is 5.97 Å². The van der Waals surface area contributed by atoms with Gasteiger partial charge in [-0.05, 0) is 31.7 Å². The molecular formula is C15H16Cl2N2O3. The van der Waals surface area contributed by atoms with Crippen LogP contribution in [0.3, 0.4) is 0 Å². The molecule has 0 aliphatic heterocycles. The number of anilines is 1. The normalized spacial score (nSPS) is 16.6. The van der Waals surface area contributed by atoms with Crippen molar-refractivity contribution in [3.05, 3.63) is 34.0 Å². The lowest BCUT2D eigenvalue weighted by molar-refractivity contribution is -0.147. The van der Waals surface area contributed by atoms with Gasteiger partial charge in [-0.3, -0.25) is 9.59 Å². The number of aromatic nitrogens is 1. The summed E-state index contributed by atoms with van der Waals surface area (Å²) in [7, 11) is 0. The lowest BCUT2D eigenvalue weighted by Gasteiger charge is -2.10. The number of hydrogen-bond donors (Lipinski definition) is 1. The average Bonchev–Trinajstić information content (AvgIpc) is 2.95. The molecule has 1 aromatic rings. The van der Waals surface area contributed by atoms with Gasteiger partial charge in [0.25, 0.3) is 5.91 Å². The maximum atomic E-state index is 11.8. The minimum atomic E-state index is -0.494. The van der Waals surface area contributed by atoms with Crippen molar-refractivity contribution in [2.24, 2.45) is 5.92 Å². The number of nitrogens with one attached hydrogen (secondary N) is 1. The highest BCUT2D eigenvalue weighted by Gasteiger charge is 2.16. The second kappa shape index (κ2) is 7.61. The van der Waals surface area contributed by atoms with Gasteiger partial charge in [0, 0.05) is 0 Å². The van der Waals surface area contributed by atoms with Gasteiger partial charge < -0.3 is 10.1 Å². The Kier molecular flexibility index (Phi) is 5.80. The van der Waals surface area contributed by atoms with E-state index in [2.05, 4.69) is 10.3 Å². The zero-order chi connectivity index (χ0) is 16.1. The number of amides is 1. The fraction of sp³-hybridized carbons (Fsp3) is 0.400. The first-order valence-electron chi connectivity index (χ1n) is 6.90. The average molecular weight is 343 g/mol. The lowest BCUT2D eigenvalue weighted by Crippen LogP contribution is -2.22. The number of allylic oxidation sites excluding steroid dienone is 2. The van der Waals surface area contributed by atoms with E-state index in [-0.39, 0.29) is 23.4 Å². The van der Waals surface area contributed by atoms with Crippen LogP contribution in [0.4, 0.5) is 5.82 Å². The third-order valence-electron chi connectivity index (χ3n) is 3.27. The number of halogens is 2. The Morgan fingerprint density at radius 3 is 2.86 bits per heavy atom. The van der Waals surface area contributed by atoms with Crippen molar-refractivity contribution in [2.45, 2.75) is 26.2 Å². The van der Waals surface area contributed by atoms with Crippen LogP contribution >= 0.6 is 23.2 Å². The molecule has 0 fully saturated rings. The molecule has 7 heteroatoms. The zero-order valence-corrected chi connectivity index (χ0v) is 13.6. The van der Waals surface area contributed by atoms with Gasteiger partial charge in [0.1, 0.15) is 0 Å². The lowest BCUT2D eigenvalue weighted by atomic mass is 10.1. The number of esters is 1. The highest BCUT2D eigenvalue weighted by Crippen LogP contribution is 2.25. The summed E-state index contributed by atoms with van der Waals surface area (Å²) < 4.78 is 4.95. The van der Waals surface area contributed by atoms with E-state index in [1.54, 1.807) is 6.92 Å². The number of hydrogen-bond acceptors (Lipinski definition) is 4. The number of pyridine rings is 1. The molecule has 2 rings (SSSR count). The Bertz CT molecular complexity index is 617. The molecule has 1 atom stereocenters. The molecule has 0 aromatic carbocycles. The van der Waals surface area contributed by atoms with Crippen molar-refractivity contribution < 1.29 is 14.3 Å². The summed E-state index contributed by atoms with van der Waals surface area (Å²) >= 11 is 11.8. The third-order valence-corrected chi connectivity index (χ3v) is 3.94. The van der Waals surface area contributed by atoms with E-state index in [9.17, 15) is 9.59 Å². The highest BCUT2D eigenvalue weighted by atomic mass is 35.5. The summed E-state index contributed by atoms with van der Waals surface area (Å²) in [5.41, 5.74) is 0.548. The molecule has 22 heavy (non-hydrogen) atoms. The summed E-state index contributed by atoms with van der Waals surface area (Å²) in [6, 6.07) is 1.50. The molecule has 1 aliphatic carbocycles. The summed E-state index contributed by atoms with van der Waals surface area (Å²) in [5.74, 6) is -0.474. The standard InChI is InChI=1S/C15H16Cl2N2O3/c1-9-11(16)7-12(17)15(18-9)19-13(20)8-22-14(21)6-10-4-2-3-5-10/h2,4,7,10H,3,5-6,8H2,1H3,(H,18,19,20)/t10-/m0/s1. The summed E-state index contributed by atoms with van der Waals surface area (Å²) in [4.78, 5) is 27.5. The number of carbonyl (C=O) groups excluding carboxylic acids is 2. The molecule has 5 nitrogen and oxygen atoms in total. The van der Waals surface area contributed by atoms with Gasteiger partial charge in [-0.2, -0.15) is 0 Å². The smallest absolute Gasteiger partial charge is 0.306 e. The van der Waals surface area contributed by atoms with Gasteiger partial charge in [-0.25, -0.2) is 4.98 Å². The largest absolute Gasteiger partial charge is 0.456 e. The SMILES string of the molecule is Cc1nc(NC(=O)COC(=O)C[C@H]2C=CCC2)c(Cl)cc1Cl. The summed E-state index contributed by atoms with van der Waals surface area (Å²) in [5, 5.41) is 3.14. The minimum absolute atomic E-state index is 0.198. The maximum absolute atomic E-state index is 11.8. The minimum Gasteiger partial charge on any atom is -0.456 e. The van der Waals surface area contributed by atoms with Crippen LogP contribution in [-0.2, 0) is 14.3 Å². The topological polar surface area (TPSA) is 68.3 Å². The molecule has 0 saturated carbocycles. The molecule has 1 heterocycles. The van der Waals surface area contributed by atoms with Crippen LogP contribution in [0.2, 0.25) is 10.0 Å². The maximum Gasteiger partial charge on any atom is 0.306 e. The second-order valence-electron chi connectivity index (χ2n) is 5.06. The molecule has 1 aromatic heterocycles. The molecule has 1 amide bonds. The molecule has 1 aliphatic rings. The van der Waals surface area contributed by atoms with Crippen LogP contribution in [0.5, 0.6) is 0 Å². The van der Waals surface area contributed by atoms with Gasteiger partial charge in [-0.1, -0.05) is 35.4 Å². The van der Waals surface area contributed by atoms with Crippen LogP contribution < -0.4 is 5.32 Å². The van der Waals surface area contributed by atoms with Crippen molar-refractivity contribution in [1.29, 1.82) is 0 Å². The second-order valence-corrected chi connectivity index (χ2v) is 5.88. The van der Waals surface area contributed by atoms with E-state index in [1.807, 2.05) is 12.2 Å². The third kappa shape index (κ3) is 4.71. The van der Waals surface area contributed by atoms with Crippen LogP contribution in [0, 0.1) is 12.8 Å². The van der Waals surface area contributed by atoms with Crippen molar-refractivity contribution in [1.82, 2.24) is 4.98 Å². The Labute approximate surface area is 138 Å². The fourth-order valence-corrected chi connectivity index (χ4v) is 2.50. The van der Waals surface area contributed by atoms with Crippen LogP contribution in [-0.4, -0.2) is 23.5 Å². The van der Waals surface area contributed by atoms with Crippen molar-refractivity contribution in [3.8, 4) is 0 Å². The molecule has 0 unspecified atom stereocenters. The predicted octanol–water partition coefficient (Wildman–Crippen LogP) is 3.53. The van der Waals surface area contributed by atoms with E-state index in [4.69, 9.17) is 27.9 Å². The van der Waals surface area contributed by atoms with E-state index in [0.29, 0.717) is 17.1 Å². The molecule has 1 N–H and O–H groups in total. The van der Waals surface area contributed by atoms with Crippen LogP contribution in [0.25, 0.3) is 0 Å². The number of carbonyl (C=O) groups is 2. The number of aryl methyl sites for hydroxylation is 1. The Morgan fingerprint density at radius 2 is 2.18 bits per heavy atom. The number of ether oxygens (including phenoxy) is 1. The quantitative estimate of drug-likeness (QED) is 0.656. The Morgan fingerprint density at radius 1 is 1.41 bits per heavy atom. The number of nitrogens with zero attached hydrogens (tertiary/aromatic N) is 1. The first-order chi connectivity index (χ1) is 10.5. The van der Waals surface area contributed by atoms with Gasteiger partial charge in [0.2, 0.25) is 0 Å². The summed E-state index contributed by atoms with van der Waals surface area (Å²) in [6.07, 6.45) is 6.27. The fourth-order valence-electron chi connectivity index (χ4n) is 2.10. The highest BCUT2D eigenvalue weighted by molar-refractivity contribution is 6.36. The Balaban J connectivity index is 1.81. The molecule has 0 bridgehead atoms. The first kappa shape index (κ1) is 16.8. The summed E-state index contributed by atoms with van der Waals surface area (Å²) in [6.45, 7) is 1.33. The van der Waals surface area contributed by atoms with E-state index in [1.165, 1.54) is 6.07 Å². The van der Waals surface area contributed by atoms with Crippen molar-refractivity contribution in [2.75, 3.05) is 11.9 Å². The van der Waals surface area contributed by atoms with Gasteiger partial charge in [-0.15, -0.1) is 0 Å². The van der Waals surface area contributed by atoms with Crippen molar-refractivity contribution in [3.63, 3.8) is 0 Å². The van der Waals surface area contributed by atoms with Crippen molar-refractivity contribution >= 4 is 40.9 Å². The van der Waals surface area contributed by atoms with E-state index < -0.39 is 11.9 Å². The predicted molar refractivity (Wildman–Crippen MR) is 85.1 cm³/mol. The molecule has 0 radical (unpaired) electrons. The number of rotatable bonds is 5. The first-order valence-corrected chi connectivity index (χ1v) is 7.66. The Hall–Kier alpha value is -1.59. The van der Waals surface area contributed by atoms with Crippen LogP contribution in [0.15, 0.2) is 18.2 Å². The van der Waals surface area contributed by atoms with Crippen LogP contribution in [0.1, 0.15) is 25.0 Å². The molecular weight excluding hydrogens is 327 g/mol. The monoisotopic (exact) mass is 342 g/mol. The molecule has 0 spiro atoms. The van der Waals surface area contributed by atoms with E-state index >= 15 is 0 Å². The zero-order valence-electron chi connectivity index (χ0n) is 12.1. The molecule has 118 valence electrons. The van der Waals surface area contributed by atoms with Gasteiger partial charge in [0.15, 0.2) is 12.4 Å². The van der Waals surface area contributed by atoms with Gasteiger partial charge in [0.05, 0.1) is 22.2 Å².